The molecule has 0 fully saturated rings. The summed E-state index contributed by atoms with van der Waals surface area (Å²) >= 11 is 6.33. The van der Waals surface area contributed by atoms with Crippen LogP contribution in [0, 0.1) is 0 Å². The average Bonchev–Trinajstić information content (AvgIpc) is 3.16. The first kappa shape index (κ1) is 26.9. The molecule has 0 bridgehead atoms. The van der Waals surface area contributed by atoms with E-state index in [0.717, 1.165) is 11.1 Å². The summed E-state index contributed by atoms with van der Waals surface area (Å²) < 4.78 is 31.4. The number of phenolic OH excluding ortho intramolecular Hbond substituents is 1. The van der Waals surface area contributed by atoms with Gasteiger partial charge in [0.15, 0.2) is 9.84 Å². The highest BCUT2D eigenvalue weighted by atomic mass is 35.5. The molecule has 194 valence electrons. The number of benzene rings is 3. The monoisotopic (exact) mass is 540 g/mol. The van der Waals surface area contributed by atoms with E-state index in [0.29, 0.717) is 33.9 Å². The summed E-state index contributed by atoms with van der Waals surface area (Å²) in [7, 11) is -3.65. The van der Waals surface area contributed by atoms with Crippen LogP contribution in [0.2, 0.25) is 5.02 Å². The number of ether oxygens (including phenoxy) is 1. The molecule has 8 heteroatoms. The van der Waals surface area contributed by atoms with Crippen LogP contribution in [0.15, 0.2) is 90.0 Å². The minimum absolute atomic E-state index is 0.0106. The van der Waals surface area contributed by atoms with E-state index in [1.807, 2.05) is 54.6 Å². The van der Waals surface area contributed by atoms with Gasteiger partial charge in [-0.15, -0.1) is 0 Å². The number of aromatic hydroxyl groups is 1. The third-order valence-electron chi connectivity index (χ3n) is 6.39. The Morgan fingerprint density at radius 2 is 1.73 bits per heavy atom. The van der Waals surface area contributed by atoms with Crippen LogP contribution >= 0.6 is 11.6 Å². The first-order valence-electron chi connectivity index (χ1n) is 11.9. The second kappa shape index (κ2) is 12.0. The largest absolute Gasteiger partial charge is 0.508 e. The fourth-order valence-corrected chi connectivity index (χ4v) is 6.65. The first-order chi connectivity index (χ1) is 17.8. The molecule has 4 rings (SSSR count). The van der Waals surface area contributed by atoms with Gasteiger partial charge >= 0.3 is 0 Å². The predicted molar refractivity (Wildman–Crippen MR) is 146 cm³/mol. The number of allylic oxidation sites excluding steroid dienone is 1. The quantitative estimate of drug-likeness (QED) is 0.250. The zero-order chi connectivity index (χ0) is 26.4. The number of sulfone groups is 1. The molecule has 0 amide bonds. The van der Waals surface area contributed by atoms with Gasteiger partial charge in [-0.05, 0) is 77.1 Å². The molecule has 0 saturated carbocycles. The van der Waals surface area contributed by atoms with E-state index in [1.54, 1.807) is 24.3 Å². The number of rotatable bonds is 10. The number of hydrogen-bond acceptors (Lipinski definition) is 6. The molecular weight excluding hydrogens is 512 g/mol. The lowest BCUT2D eigenvalue weighted by atomic mass is 9.92. The van der Waals surface area contributed by atoms with Crippen molar-refractivity contribution in [3.63, 3.8) is 0 Å². The summed E-state index contributed by atoms with van der Waals surface area (Å²) in [6.07, 6.45) is 1.45. The highest BCUT2D eigenvalue weighted by Crippen LogP contribution is 2.34. The lowest BCUT2D eigenvalue weighted by Crippen LogP contribution is -2.29. The van der Waals surface area contributed by atoms with Crippen LogP contribution in [0.25, 0.3) is 11.6 Å². The third-order valence-corrected chi connectivity index (χ3v) is 8.74. The number of hydrogen-bond donors (Lipinski definition) is 3. The molecule has 6 nitrogen and oxygen atoms in total. The number of phenols is 1. The van der Waals surface area contributed by atoms with Crippen molar-refractivity contribution in [3.8, 4) is 11.5 Å². The molecule has 0 aromatic heterocycles. The molecule has 1 aliphatic heterocycles. The van der Waals surface area contributed by atoms with Gasteiger partial charge in [0, 0.05) is 0 Å². The molecule has 3 aromatic carbocycles. The van der Waals surface area contributed by atoms with Gasteiger partial charge in [0.05, 0.1) is 23.5 Å². The van der Waals surface area contributed by atoms with E-state index in [-0.39, 0.29) is 24.5 Å². The topological polar surface area (TPSA) is 104 Å². The summed E-state index contributed by atoms with van der Waals surface area (Å²) in [5, 5.41) is 30.1. The summed E-state index contributed by atoms with van der Waals surface area (Å²) in [6, 6.07) is 23.4. The summed E-state index contributed by atoms with van der Waals surface area (Å²) in [6.45, 7) is -0.593. The Hall–Kier alpha value is -3.10. The maximum absolute atomic E-state index is 12.8. The van der Waals surface area contributed by atoms with Crippen LogP contribution in [0.3, 0.4) is 0 Å². The van der Waals surface area contributed by atoms with Crippen molar-refractivity contribution < 1.29 is 28.5 Å². The zero-order valence-electron chi connectivity index (χ0n) is 20.1. The summed E-state index contributed by atoms with van der Waals surface area (Å²) in [5.41, 5.74) is 3.31. The van der Waals surface area contributed by atoms with Gasteiger partial charge in [0.25, 0.3) is 0 Å². The molecular formula is C29H29ClO6S. The van der Waals surface area contributed by atoms with Gasteiger partial charge in [-0.25, -0.2) is 8.42 Å². The van der Waals surface area contributed by atoms with Crippen LogP contribution in [-0.2, 0) is 9.84 Å². The van der Waals surface area contributed by atoms with Crippen molar-refractivity contribution in [1.29, 1.82) is 0 Å². The molecule has 0 aliphatic carbocycles. The van der Waals surface area contributed by atoms with Crippen molar-refractivity contribution in [2.75, 3.05) is 19.0 Å². The maximum atomic E-state index is 12.8. The Morgan fingerprint density at radius 3 is 2.38 bits per heavy atom. The molecule has 2 atom stereocenters. The molecule has 0 radical (unpaired) electrons. The number of para-hydroxylation sites is 1. The van der Waals surface area contributed by atoms with E-state index in [2.05, 4.69) is 0 Å². The van der Waals surface area contributed by atoms with E-state index in [9.17, 15) is 23.7 Å². The Kier molecular flexibility index (Phi) is 8.71. The Balaban J connectivity index is 1.60. The lowest BCUT2D eigenvalue weighted by molar-refractivity contribution is 0.188. The van der Waals surface area contributed by atoms with Crippen LogP contribution in [0.5, 0.6) is 11.5 Å². The second-order valence-electron chi connectivity index (χ2n) is 8.93. The van der Waals surface area contributed by atoms with Crippen molar-refractivity contribution >= 4 is 33.1 Å². The van der Waals surface area contributed by atoms with E-state index >= 15 is 0 Å². The Labute approximate surface area is 222 Å². The number of aliphatic hydroxyl groups excluding tert-OH is 2. The SMILES string of the molecule is O=S1(=O)CC(COc2ccccc2)=C([C@H](O)CC/C(=C/c2ccc(O)cc2Cl)c2ccccc2)[C@@H]1CO. The minimum atomic E-state index is -3.65. The third kappa shape index (κ3) is 6.62. The predicted octanol–water partition coefficient (Wildman–Crippen LogP) is 4.89. The number of halogens is 1. The minimum Gasteiger partial charge on any atom is -0.508 e. The van der Waals surface area contributed by atoms with Crippen molar-refractivity contribution in [2.45, 2.75) is 24.2 Å². The Bertz CT molecular complexity index is 1380. The van der Waals surface area contributed by atoms with Crippen LogP contribution < -0.4 is 4.74 Å². The normalized spacial score (nSPS) is 18.1. The highest BCUT2D eigenvalue weighted by Gasteiger charge is 2.41. The van der Waals surface area contributed by atoms with Crippen LogP contribution in [0.1, 0.15) is 24.0 Å². The second-order valence-corrected chi connectivity index (χ2v) is 11.5. The molecule has 3 aromatic rings. The van der Waals surface area contributed by atoms with Crippen LogP contribution in [-0.4, -0.2) is 54.1 Å². The molecule has 0 spiro atoms. The molecule has 3 N–H and O–H groups in total. The maximum Gasteiger partial charge on any atom is 0.163 e. The standard InChI is InChI=1S/C29H29ClO6S/c30-26-16-24(32)13-11-22(26)15-21(20-7-3-1-4-8-20)12-14-27(33)29-23(19-37(34,35)28(29)17-31)18-36-25-9-5-2-6-10-25/h1-11,13,15-16,27-28,31-33H,12,14,17-19H2/b21-15-/t27-,28+/m1/s1. The molecule has 1 heterocycles. The van der Waals surface area contributed by atoms with Gasteiger partial charge in [0.2, 0.25) is 0 Å². The molecule has 37 heavy (non-hydrogen) atoms. The summed E-state index contributed by atoms with van der Waals surface area (Å²) in [4.78, 5) is 0. The molecule has 0 unspecified atom stereocenters. The fraction of sp³-hybridized carbons (Fsp3) is 0.241. The van der Waals surface area contributed by atoms with Crippen LogP contribution in [0.4, 0.5) is 0 Å². The lowest BCUT2D eigenvalue weighted by Gasteiger charge is -2.20. The smallest absolute Gasteiger partial charge is 0.163 e. The average molecular weight is 541 g/mol. The first-order valence-corrected chi connectivity index (χ1v) is 14.0. The number of aliphatic hydroxyl groups is 2. The van der Waals surface area contributed by atoms with Gasteiger partial charge in [-0.3, -0.25) is 0 Å². The van der Waals surface area contributed by atoms with Gasteiger partial charge < -0.3 is 20.1 Å². The van der Waals surface area contributed by atoms with Gasteiger partial charge in [0.1, 0.15) is 23.4 Å². The highest BCUT2D eigenvalue weighted by molar-refractivity contribution is 7.92. The van der Waals surface area contributed by atoms with Crippen molar-refractivity contribution in [2.24, 2.45) is 0 Å². The molecule has 1 aliphatic rings. The van der Waals surface area contributed by atoms with Gasteiger partial charge in [-0.1, -0.05) is 60.1 Å². The van der Waals surface area contributed by atoms with E-state index in [4.69, 9.17) is 16.3 Å². The van der Waals surface area contributed by atoms with Crippen molar-refractivity contribution in [1.82, 2.24) is 0 Å². The zero-order valence-corrected chi connectivity index (χ0v) is 21.7. The Morgan fingerprint density at radius 1 is 1.05 bits per heavy atom. The van der Waals surface area contributed by atoms with Gasteiger partial charge in [-0.2, -0.15) is 0 Å². The van der Waals surface area contributed by atoms with E-state index < -0.39 is 27.8 Å². The fourth-order valence-electron chi connectivity index (χ4n) is 4.54. The van der Waals surface area contributed by atoms with Crippen molar-refractivity contribution in [3.05, 3.63) is 106 Å². The summed E-state index contributed by atoms with van der Waals surface area (Å²) in [5.74, 6) is 0.393. The molecule has 0 saturated heterocycles. The van der Waals surface area contributed by atoms with E-state index in [1.165, 1.54) is 6.07 Å².